The number of ether oxygens (including phenoxy) is 1. The lowest BCUT2D eigenvalue weighted by Crippen LogP contribution is -2.36. The van der Waals surface area contributed by atoms with Gasteiger partial charge in [0.15, 0.2) is 5.17 Å². The molecule has 31 heavy (non-hydrogen) atoms. The standard InChI is InChI=1S/C23H26ClN3O3S/c1-15-4-9-19(16(2)12-15)26-23-27(10-11-30-3)22(29)20(31-23)13-21(28)25-14-17-5-7-18(24)8-6-17/h4-9,12,20H,10-11,13-14H2,1-3H3,(H,25,28). The Bertz CT molecular complexity index is 979. The summed E-state index contributed by atoms with van der Waals surface area (Å²) in [4.78, 5) is 31.8. The second kappa shape index (κ2) is 10.8. The molecule has 1 fully saturated rings. The van der Waals surface area contributed by atoms with E-state index < -0.39 is 5.25 Å². The first-order chi connectivity index (χ1) is 14.9. The Morgan fingerprint density at radius 2 is 1.97 bits per heavy atom. The quantitative estimate of drug-likeness (QED) is 0.640. The van der Waals surface area contributed by atoms with Gasteiger partial charge in [-0.1, -0.05) is 53.2 Å². The molecule has 0 spiro atoms. The summed E-state index contributed by atoms with van der Waals surface area (Å²) in [6, 6.07) is 13.3. The second-order valence-electron chi connectivity index (χ2n) is 7.38. The number of hydrogen-bond acceptors (Lipinski definition) is 5. The van der Waals surface area contributed by atoms with Gasteiger partial charge in [-0.3, -0.25) is 14.5 Å². The van der Waals surface area contributed by atoms with Crippen LogP contribution in [0.15, 0.2) is 47.5 Å². The van der Waals surface area contributed by atoms with E-state index >= 15 is 0 Å². The largest absolute Gasteiger partial charge is 0.383 e. The summed E-state index contributed by atoms with van der Waals surface area (Å²) in [5, 5.41) is 3.61. The Morgan fingerprint density at radius 1 is 1.23 bits per heavy atom. The van der Waals surface area contributed by atoms with Crippen molar-refractivity contribution in [1.82, 2.24) is 10.2 Å². The van der Waals surface area contributed by atoms with Crippen LogP contribution in [0.5, 0.6) is 0 Å². The van der Waals surface area contributed by atoms with Crippen LogP contribution in [-0.4, -0.2) is 47.4 Å². The van der Waals surface area contributed by atoms with Crippen LogP contribution >= 0.6 is 23.4 Å². The van der Waals surface area contributed by atoms with Crippen LogP contribution < -0.4 is 5.32 Å². The molecule has 8 heteroatoms. The first kappa shape index (κ1) is 23.3. The Balaban J connectivity index is 1.69. The molecule has 1 saturated heterocycles. The number of halogens is 1. The number of nitrogens with one attached hydrogen (secondary N) is 1. The van der Waals surface area contributed by atoms with Gasteiger partial charge in [-0.2, -0.15) is 0 Å². The van der Waals surface area contributed by atoms with Crippen molar-refractivity contribution >= 4 is 46.0 Å². The van der Waals surface area contributed by atoms with Gasteiger partial charge in [-0.25, -0.2) is 4.99 Å². The van der Waals surface area contributed by atoms with Crippen molar-refractivity contribution in [3.05, 3.63) is 64.2 Å². The highest BCUT2D eigenvalue weighted by Crippen LogP contribution is 2.32. The van der Waals surface area contributed by atoms with Crippen molar-refractivity contribution in [1.29, 1.82) is 0 Å². The number of amides is 2. The number of thioether (sulfide) groups is 1. The summed E-state index contributed by atoms with van der Waals surface area (Å²) in [5.41, 5.74) is 3.96. The summed E-state index contributed by atoms with van der Waals surface area (Å²) in [6.07, 6.45) is 0.0898. The SMILES string of the molecule is COCCN1C(=O)C(CC(=O)NCc2ccc(Cl)cc2)SC1=Nc1ccc(C)cc1C. The maximum atomic E-state index is 13.0. The maximum absolute atomic E-state index is 13.0. The van der Waals surface area contributed by atoms with Crippen molar-refractivity contribution in [2.24, 2.45) is 4.99 Å². The summed E-state index contributed by atoms with van der Waals surface area (Å²) >= 11 is 7.22. The average molecular weight is 460 g/mol. The molecule has 1 atom stereocenters. The predicted octanol–water partition coefficient (Wildman–Crippen LogP) is 4.24. The molecule has 6 nitrogen and oxygen atoms in total. The van der Waals surface area contributed by atoms with Gasteiger partial charge in [0, 0.05) is 25.1 Å². The number of hydrogen-bond donors (Lipinski definition) is 1. The molecule has 2 aromatic rings. The minimum atomic E-state index is -0.508. The van der Waals surface area contributed by atoms with Crippen LogP contribution in [0.25, 0.3) is 0 Å². The fraction of sp³-hybridized carbons (Fsp3) is 0.348. The summed E-state index contributed by atoms with van der Waals surface area (Å²) in [6.45, 7) is 5.21. The first-order valence-corrected chi connectivity index (χ1v) is 11.3. The van der Waals surface area contributed by atoms with Crippen molar-refractivity contribution in [2.75, 3.05) is 20.3 Å². The van der Waals surface area contributed by atoms with E-state index in [4.69, 9.17) is 21.3 Å². The number of nitrogens with zero attached hydrogens (tertiary/aromatic N) is 2. The molecule has 1 N–H and O–H groups in total. The molecule has 1 unspecified atom stereocenters. The third kappa shape index (κ3) is 6.32. The van der Waals surface area contributed by atoms with E-state index in [1.165, 1.54) is 11.8 Å². The predicted molar refractivity (Wildman–Crippen MR) is 126 cm³/mol. The number of aliphatic imine (C=N–C) groups is 1. The van der Waals surface area contributed by atoms with Gasteiger partial charge in [0.1, 0.15) is 5.25 Å². The zero-order valence-corrected chi connectivity index (χ0v) is 19.4. The number of methoxy groups -OCH3 is 1. The molecule has 0 saturated carbocycles. The normalized spacial score (nSPS) is 17.4. The van der Waals surface area contributed by atoms with E-state index in [9.17, 15) is 9.59 Å². The van der Waals surface area contributed by atoms with Crippen LogP contribution in [0.4, 0.5) is 5.69 Å². The monoisotopic (exact) mass is 459 g/mol. The number of amidine groups is 1. The zero-order chi connectivity index (χ0) is 22.4. The van der Waals surface area contributed by atoms with Crippen LogP contribution in [0.2, 0.25) is 5.02 Å². The molecule has 0 radical (unpaired) electrons. The highest BCUT2D eigenvalue weighted by Gasteiger charge is 2.39. The lowest BCUT2D eigenvalue weighted by atomic mass is 10.1. The van der Waals surface area contributed by atoms with Crippen molar-refractivity contribution in [3.63, 3.8) is 0 Å². The van der Waals surface area contributed by atoms with Crippen LogP contribution in [0.3, 0.4) is 0 Å². The third-order valence-electron chi connectivity index (χ3n) is 4.88. The molecule has 0 aliphatic carbocycles. The molecule has 2 aromatic carbocycles. The van der Waals surface area contributed by atoms with Gasteiger partial charge in [0.05, 0.1) is 18.8 Å². The van der Waals surface area contributed by atoms with Crippen LogP contribution in [0.1, 0.15) is 23.1 Å². The van der Waals surface area contributed by atoms with E-state index in [0.717, 1.165) is 22.4 Å². The number of rotatable bonds is 8. The molecule has 1 heterocycles. The minimum absolute atomic E-state index is 0.0898. The van der Waals surface area contributed by atoms with Crippen LogP contribution in [-0.2, 0) is 20.9 Å². The average Bonchev–Trinajstić information content (AvgIpc) is 3.02. The smallest absolute Gasteiger partial charge is 0.242 e. The highest BCUT2D eigenvalue weighted by molar-refractivity contribution is 8.15. The number of benzene rings is 2. The molecule has 2 amide bonds. The lowest BCUT2D eigenvalue weighted by Gasteiger charge is -2.16. The summed E-state index contributed by atoms with van der Waals surface area (Å²) in [7, 11) is 1.59. The van der Waals surface area contributed by atoms with Crippen molar-refractivity contribution in [3.8, 4) is 0 Å². The van der Waals surface area contributed by atoms with Crippen molar-refractivity contribution in [2.45, 2.75) is 32.1 Å². The molecular formula is C23H26ClN3O3S. The van der Waals surface area contributed by atoms with E-state index in [0.29, 0.717) is 29.9 Å². The fourth-order valence-electron chi connectivity index (χ4n) is 3.19. The highest BCUT2D eigenvalue weighted by atomic mass is 35.5. The minimum Gasteiger partial charge on any atom is -0.383 e. The zero-order valence-electron chi connectivity index (χ0n) is 17.9. The van der Waals surface area contributed by atoms with E-state index in [2.05, 4.69) is 11.4 Å². The van der Waals surface area contributed by atoms with E-state index in [1.54, 1.807) is 24.1 Å². The Morgan fingerprint density at radius 3 is 2.65 bits per heavy atom. The van der Waals surface area contributed by atoms with Gasteiger partial charge in [-0.05, 0) is 43.2 Å². The summed E-state index contributed by atoms with van der Waals surface area (Å²) in [5.74, 6) is -0.299. The fourth-order valence-corrected chi connectivity index (χ4v) is 4.49. The molecule has 0 bridgehead atoms. The van der Waals surface area contributed by atoms with Gasteiger partial charge in [0.25, 0.3) is 0 Å². The lowest BCUT2D eigenvalue weighted by molar-refractivity contribution is -0.129. The van der Waals surface area contributed by atoms with Gasteiger partial charge in [0.2, 0.25) is 11.8 Å². The van der Waals surface area contributed by atoms with E-state index in [-0.39, 0.29) is 18.2 Å². The number of carbonyl (C=O) groups is 2. The molecule has 1 aliphatic rings. The van der Waals surface area contributed by atoms with Gasteiger partial charge in [-0.15, -0.1) is 0 Å². The molecular weight excluding hydrogens is 434 g/mol. The molecule has 164 valence electrons. The molecule has 1 aliphatic heterocycles. The Kier molecular flexibility index (Phi) is 8.12. The van der Waals surface area contributed by atoms with Gasteiger partial charge < -0.3 is 10.1 Å². The van der Waals surface area contributed by atoms with Gasteiger partial charge >= 0.3 is 0 Å². The topological polar surface area (TPSA) is 71.0 Å². The van der Waals surface area contributed by atoms with Crippen LogP contribution in [0, 0.1) is 13.8 Å². The Labute approximate surface area is 192 Å². The Hall–Kier alpha value is -2.35. The summed E-state index contributed by atoms with van der Waals surface area (Å²) < 4.78 is 5.16. The third-order valence-corrected chi connectivity index (χ3v) is 6.31. The molecule has 3 rings (SSSR count). The number of aryl methyl sites for hydroxylation is 2. The molecule has 0 aromatic heterocycles. The first-order valence-electron chi connectivity index (χ1n) is 10.0. The second-order valence-corrected chi connectivity index (χ2v) is 8.99. The maximum Gasteiger partial charge on any atom is 0.242 e. The van der Waals surface area contributed by atoms with E-state index in [1.807, 2.05) is 38.1 Å². The number of carbonyl (C=O) groups excluding carboxylic acids is 2. The van der Waals surface area contributed by atoms with Crippen molar-refractivity contribution < 1.29 is 14.3 Å².